The molecule has 1 rings (SSSR count). The SMILES string of the molecule is Cc1ccc(C)c(NC(=O)CCCN)c1.Cl. The molecule has 0 unspecified atom stereocenters. The van der Waals surface area contributed by atoms with Crippen molar-refractivity contribution < 1.29 is 4.79 Å². The molecule has 1 aromatic rings. The Bertz CT molecular complexity index is 353. The Balaban J connectivity index is 0.00000225. The van der Waals surface area contributed by atoms with Gasteiger partial charge in [-0.15, -0.1) is 12.4 Å². The number of hydrogen-bond donors (Lipinski definition) is 2. The predicted molar refractivity (Wildman–Crippen MR) is 70.1 cm³/mol. The zero-order valence-electron chi connectivity index (χ0n) is 9.75. The van der Waals surface area contributed by atoms with E-state index in [9.17, 15) is 4.79 Å². The number of carbonyl (C=O) groups is 1. The lowest BCUT2D eigenvalue weighted by molar-refractivity contribution is -0.116. The Labute approximate surface area is 103 Å². The molecule has 0 aliphatic rings. The van der Waals surface area contributed by atoms with E-state index in [0.717, 1.165) is 23.2 Å². The Hall–Kier alpha value is -1.06. The van der Waals surface area contributed by atoms with Crippen molar-refractivity contribution in [1.82, 2.24) is 0 Å². The summed E-state index contributed by atoms with van der Waals surface area (Å²) < 4.78 is 0. The van der Waals surface area contributed by atoms with Crippen LogP contribution in [0.2, 0.25) is 0 Å². The first-order chi connectivity index (χ1) is 7.13. The molecule has 0 aliphatic carbocycles. The highest BCUT2D eigenvalue weighted by Gasteiger charge is 2.03. The van der Waals surface area contributed by atoms with Crippen LogP contribution in [0, 0.1) is 13.8 Å². The van der Waals surface area contributed by atoms with Gasteiger partial charge in [-0.05, 0) is 44.0 Å². The highest BCUT2D eigenvalue weighted by atomic mass is 35.5. The van der Waals surface area contributed by atoms with Crippen molar-refractivity contribution in [1.29, 1.82) is 0 Å². The van der Waals surface area contributed by atoms with Crippen molar-refractivity contribution in [3.05, 3.63) is 29.3 Å². The van der Waals surface area contributed by atoms with E-state index in [4.69, 9.17) is 5.73 Å². The van der Waals surface area contributed by atoms with Crippen molar-refractivity contribution in [3.63, 3.8) is 0 Å². The monoisotopic (exact) mass is 242 g/mol. The Morgan fingerprint density at radius 2 is 2.06 bits per heavy atom. The van der Waals surface area contributed by atoms with Crippen LogP contribution >= 0.6 is 12.4 Å². The van der Waals surface area contributed by atoms with Crippen LogP contribution in [0.4, 0.5) is 5.69 Å². The molecule has 0 aromatic heterocycles. The molecule has 1 aromatic carbocycles. The van der Waals surface area contributed by atoms with Gasteiger partial charge in [-0.1, -0.05) is 12.1 Å². The van der Waals surface area contributed by atoms with Gasteiger partial charge in [0.1, 0.15) is 0 Å². The number of halogens is 1. The van der Waals surface area contributed by atoms with E-state index in [1.807, 2.05) is 32.0 Å². The van der Waals surface area contributed by atoms with E-state index in [1.54, 1.807) is 0 Å². The van der Waals surface area contributed by atoms with E-state index < -0.39 is 0 Å². The summed E-state index contributed by atoms with van der Waals surface area (Å²) in [5, 5.41) is 2.89. The molecule has 3 N–H and O–H groups in total. The number of aryl methyl sites for hydroxylation is 2. The van der Waals surface area contributed by atoms with Crippen molar-refractivity contribution in [2.24, 2.45) is 5.73 Å². The average molecular weight is 243 g/mol. The molecular weight excluding hydrogens is 224 g/mol. The largest absolute Gasteiger partial charge is 0.330 e. The Kier molecular flexibility index (Phi) is 6.77. The summed E-state index contributed by atoms with van der Waals surface area (Å²) in [5.41, 5.74) is 8.48. The molecule has 16 heavy (non-hydrogen) atoms. The fourth-order valence-electron chi connectivity index (χ4n) is 1.35. The van der Waals surface area contributed by atoms with Crippen molar-refractivity contribution in [2.75, 3.05) is 11.9 Å². The zero-order chi connectivity index (χ0) is 11.3. The molecule has 0 bridgehead atoms. The third kappa shape index (κ3) is 4.64. The Morgan fingerprint density at radius 1 is 1.38 bits per heavy atom. The topological polar surface area (TPSA) is 55.1 Å². The molecular formula is C12H19ClN2O. The second kappa shape index (κ2) is 7.25. The smallest absolute Gasteiger partial charge is 0.224 e. The van der Waals surface area contributed by atoms with Crippen LogP contribution in [-0.4, -0.2) is 12.5 Å². The van der Waals surface area contributed by atoms with Gasteiger partial charge in [0.25, 0.3) is 0 Å². The third-order valence-corrected chi connectivity index (χ3v) is 2.28. The quantitative estimate of drug-likeness (QED) is 0.852. The highest BCUT2D eigenvalue weighted by molar-refractivity contribution is 5.91. The summed E-state index contributed by atoms with van der Waals surface area (Å²) in [6, 6.07) is 6.02. The highest BCUT2D eigenvalue weighted by Crippen LogP contribution is 2.16. The molecule has 0 aliphatic heterocycles. The molecule has 4 heteroatoms. The first-order valence-electron chi connectivity index (χ1n) is 5.20. The number of nitrogens with one attached hydrogen (secondary N) is 1. The normalized spacial score (nSPS) is 9.44. The lowest BCUT2D eigenvalue weighted by atomic mass is 10.1. The third-order valence-electron chi connectivity index (χ3n) is 2.28. The van der Waals surface area contributed by atoms with Gasteiger partial charge in [-0.2, -0.15) is 0 Å². The fourth-order valence-corrected chi connectivity index (χ4v) is 1.35. The van der Waals surface area contributed by atoms with E-state index in [2.05, 4.69) is 5.32 Å². The number of anilines is 1. The van der Waals surface area contributed by atoms with Crippen LogP contribution in [0.3, 0.4) is 0 Å². The van der Waals surface area contributed by atoms with Gasteiger partial charge in [0, 0.05) is 12.1 Å². The summed E-state index contributed by atoms with van der Waals surface area (Å²) in [4.78, 5) is 11.5. The second-order valence-corrected chi connectivity index (χ2v) is 3.76. The molecule has 3 nitrogen and oxygen atoms in total. The maximum Gasteiger partial charge on any atom is 0.224 e. The fraction of sp³-hybridized carbons (Fsp3) is 0.417. The number of rotatable bonds is 4. The number of carbonyl (C=O) groups excluding carboxylic acids is 1. The summed E-state index contributed by atoms with van der Waals surface area (Å²) in [6.07, 6.45) is 1.22. The number of hydrogen-bond acceptors (Lipinski definition) is 2. The summed E-state index contributed by atoms with van der Waals surface area (Å²) in [5.74, 6) is 0.0363. The summed E-state index contributed by atoms with van der Waals surface area (Å²) in [6.45, 7) is 4.55. The molecule has 0 saturated carbocycles. The van der Waals surface area contributed by atoms with Gasteiger partial charge >= 0.3 is 0 Å². The average Bonchev–Trinajstić information content (AvgIpc) is 2.20. The second-order valence-electron chi connectivity index (χ2n) is 3.76. The summed E-state index contributed by atoms with van der Waals surface area (Å²) >= 11 is 0. The lowest BCUT2D eigenvalue weighted by Crippen LogP contribution is -2.14. The predicted octanol–water partition coefficient (Wildman–Crippen LogP) is 2.40. The number of nitrogens with two attached hydrogens (primary N) is 1. The van der Waals surface area contributed by atoms with Crippen molar-refractivity contribution >= 4 is 24.0 Å². The van der Waals surface area contributed by atoms with Gasteiger partial charge in [-0.25, -0.2) is 0 Å². The van der Waals surface area contributed by atoms with Crippen molar-refractivity contribution in [3.8, 4) is 0 Å². The first kappa shape index (κ1) is 14.9. The van der Waals surface area contributed by atoms with Gasteiger partial charge < -0.3 is 11.1 Å². The Morgan fingerprint density at radius 3 is 2.69 bits per heavy atom. The van der Waals surface area contributed by atoms with Crippen LogP contribution in [0.15, 0.2) is 18.2 Å². The summed E-state index contributed by atoms with van der Waals surface area (Å²) in [7, 11) is 0. The van der Waals surface area contributed by atoms with Gasteiger partial charge in [-0.3, -0.25) is 4.79 Å². The minimum absolute atomic E-state index is 0. The number of benzene rings is 1. The van der Waals surface area contributed by atoms with Crippen LogP contribution in [0.5, 0.6) is 0 Å². The molecule has 90 valence electrons. The number of amides is 1. The molecule has 0 radical (unpaired) electrons. The van der Waals surface area contributed by atoms with E-state index >= 15 is 0 Å². The molecule has 0 fully saturated rings. The van der Waals surface area contributed by atoms with Gasteiger partial charge in [0.15, 0.2) is 0 Å². The molecule has 0 saturated heterocycles. The van der Waals surface area contributed by atoms with Crippen LogP contribution in [0.25, 0.3) is 0 Å². The minimum atomic E-state index is 0. The van der Waals surface area contributed by atoms with Crippen LogP contribution in [-0.2, 0) is 4.79 Å². The van der Waals surface area contributed by atoms with Crippen LogP contribution in [0.1, 0.15) is 24.0 Å². The molecule has 0 heterocycles. The van der Waals surface area contributed by atoms with E-state index in [-0.39, 0.29) is 18.3 Å². The van der Waals surface area contributed by atoms with E-state index in [0.29, 0.717) is 13.0 Å². The van der Waals surface area contributed by atoms with Crippen LogP contribution < -0.4 is 11.1 Å². The zero-order valence-corrected chi connectivity index (χ0v) is 10.6. The van der Waals surface area contributed by atoms with Gasteiger partial charge in [0.05, 0.1) is 0 Å². The molecule has 0 atom stereocenters. The molecule has 1 amide bonds. The lowest BCUT2D eigenvalue weighted by Gasteiger charge is -2.08. The maximum atomic E-state index is 11.5. The standard InChI is InChI=1S/C12H18N2O.ClH/c1-9-5-6-10(2)11(8-9)14-12(15)4-3-7-13;/h5-6,8H,3-4,7,13H2,1-2H3,(H,14,15);1H. The van der Waals surface area contributed by atoms with Gasteiger partial charge in [0.2, 0.25) is 5.91 Å². The minimum Gasteiger partial charge on any atom is -0.330 e. The molecule has 0 spiro atoms. The first-order valence-corrected chi connectivity index (χ1v) is 5.20. The van der Waals surface area contributed by atoms with E-state index in [1.165, 1.54) is 0 Å². The van der Waals surface area contributed by atoms with Crippen molar-refractivity contribution in [2.45, 2.75) is 26.7 Å². The maximum absolute atomic E-state index is 11.5.